The zero-order valence-electron chi connectivity index (χ0n) is 14.2. The number of para-hydroxylation sites is 1. The summed E-state index contributed by atoms with van der Waals surface area (Å²) in [5.41, 5.74) is 5.03. The Kier molecular flexibility index (Phi) is 4.85. The molecule has 1 heterocycles. The third-order valence-corrected chi connectivity index (χ3v) is 5.02. The molecule has 3 nitrogen and oxygen atoms in total. The van der Waals surface area contributed by atoms with Crippen LogP contribution in [-0.4, -0.2) is 17.0 Å². The molecule has 122 valence electrons. The van der Waals surface area contributed by atoms with E-state index in [1.165, 1.54) is 47.9 Å². The van der Waals surface area contributed by atoms with Crippen LogP contribution in [0.15, 0.2) is 35.9 Å². The molecule has 23 heavy (non-hydrogen) atoms. The Morgan fingerprint density at radius 1 is 1.26 bits per heavy atom. The standard InChI is InChI=1S/C20H26N2O/c1-15-18(17-10-6-7-11-19(17)22(15)2)14-20(23)21-13-12-16-8-4-3-5-9-16/h6-8,10-11H,3-5,9,12-14H2,1-2H3,(H,21,23). The van der Waals surface area contributed by atoms with Crippen molar-refractivity contribution in [2.24, 2.45) is 7.05 Å². The van der Waals surface area contributed by atoms with E-state index >= 15 is 0 Å². The zero-order chi connectivity index (χ0) is 16.2. The molecule has 3 rings (SSSR count). The Morgan fingerprint density at radius 2 is 2.09 bits per heavy atom. The van der Waals surface area contributed by atoms with Crippen LogP contribution in [0.25, 0.3) is 10.9 Å². The summed E-state index contributed by atoms with van der Waals surface area (Å²) in [4.78, 5) is 12.3. The Bertz CT molecular complexity index is 739. The van der Waals surface area contributed by atoms with E-state index in [1.54, 1.807) is 0 Å². The maximum atomic E-state index is 12.3. The molecule has 0 aliphatic heterocycles. The van der Waals surface area contributed by atoms with Crippen LogP contribution >= 0.6 is 0 Å². The van der Waals surface area contributed by atoms with Gasteiger partial charge < -0.3 is 9.88 Å². The summed E-state index contributed by atoms with van der Waals surface area (Å²) in [6.45, 7) is 2.85. The maximum Gasteiger partial charge on any atom is 0.224 e. The minimum absolute atomic E-state index is 0.126. The molecule has 1 aromatic heterocycles. The van der Waals surface area contributed by atoms with Crippen molar-refractivity contribution < 1.29 is 4.79 Å². The minimum Gasteiger partial charge on any atom is -0.355 e. The predicted molar refractivity (Wildman–Crippen MR) is 95.5 cm³/mol. The molecule has 1 aliphatic rings. The first-order valence-corrected chi connectivity index (χ1v) is 8.64. The van der Waals surface area contributed by atoms with Gasteiger partial charge in [0.2, 0.25) is 5.91 Å². The number of nitrogens with zero attached hydrogens (tertiary/aromatic N) is 1. The summed E-state index contributed by atoms with van der Waals surface area (Å²) < 4.78 is 2.17. The van der Waals surface area contributed by atoms with Crippen molar-refractivity contribution >= 4 is 16.8 Å². The first-order chi connectivity index (χ1) is 11.2. The molecule has 0 spiro atoms. The van der Waals surface area contributed by atoms with Gasteiger partial charge in [-0.2, -0.15) is 0 Å². The summed E-state index contributed by atoms with van der Waals surface area (Å²) in [6.07, 6.45) is 8.85. The highest BCUT2D eigenvalue weighted by molar-refractivity contribution is 5.90. The molecular formula is C20H26N2O. The Balaban J connectivity index is 1.62. The number of benzene rings is 1. The number of hydrogen-bond acceptors (Lipinski definition) is 1. The Hall–Kier alpha value is -2.03. The fourth-order valence-electron chi connectivity index (χ4n) is 3.54. The van der Waals surface area contributed by atoms with Crippen molar-refractivity contribution in [2.75, 3.05) is 6.54 Å². The second-order valence-corrected chi connectivity index (χ2v) is 6.53. The largest absolute Gasteiger partial charge is 0.355 e. The van der Waals surface area contributed by atoms with Crippen molar-refractivity contribution in [3.05, 3.63) is 47.2 Å². The number of fused-ring (bicyclic) bond motifs is 1. The van der Waals surface area contributed by atoms with E-state index in [1.807, 2.05) is 12.1 Å². The average molecular weight is 310 g/mol. The molecule has 2 aromatic rings. The van der Waals surface area contributed by atoms with Gasteiger partial charge in [0.1, 0.15) is 0 Å². The summed E-state index contributed by atoms with van der Waals surface area (Å²) in [5, 5.41) is 4.28. The average Bonchev–Trinajstić information content (AvgIpc) is 2.81. The summed E-state index contributed by atoms with van der Waals surface area (Å²) in [7, 11) is 2.06. The van der Waals surface area contributed by atoms with E-state index in [2.05, 4.69) is 42.1 Å². The maximum absolute atomic E-state index is 12.3. The van der Waals surface area contributed by atoms with E-state index < -0.39 is 0 Å². The second-order valence-electron chi connectivity index (χ2n) is 6.53. The van der Waals surface area contributed by atoms with Gasteiger partial charge in [0.25, 0.3) is 0 Å². The Labute approximate surface area is 138 Å². The molecule has 1 N–H and O–H groups in total. The van der Waals surface area contributed by atoms with Crippen LogP contribution in [0.3, 0.4) is 0 Å². The first kappa shape index (κ1) is 15.9. The van der Waals surface area contributed by atoms with Crippen LogP contribution in [0.5, 0.6) is 0 Å². The molecule has 3 heteroatoms. The lowest BCUT2D eigenvalue weighted by Gasteiger charge is -2.13. The quantitative estimate of drug-likeness (QED) is 0.831. The third kappa shape index (κ3) is 3.49. The molecule has 0 saturated heterocycles. The van der Waals surface area contributed by atoms with Crippen molar-refractivity contribution in [3.63, 3.8) is 0 Å². The van der Waals surface area contributed by atoms with Crippen LogP contribution in [0.2, 0.25) is 0 Å². The molecule has 0 unspecified atom stereocenters. The normalized spacial score (nSPS) is 14.8. The van der Waals surface area contributed by atoms with Crippen LogP contribution in [0, 0.1) is 6.92 Å². The Morgan fingerprint density at radius 3 is 2.87 bits per heavy atom. The molecule has 0 radical (unpaired) electrons. The van der Waals surface area contributed by atoms with Gasteiger partial charge in [-0.3, -0.25) is 4.79 Å². The van der Waals surface area contributed by atoms with Crippen molar-refractivity contribution in [2.45, 2.75) is 45.4 Å². The summed E-state index contributed by atoms with van der Waals surface area (Å²) >= 11 is 0. The summed E-state index contributed by atoms with van der Waals surface area (Å²) in [6, 6.07) is 8.30. The number of allylic oxidation sites excluding steroid dienone is 1. The second kappa shape index (κ2) is 7.03. The molecule has 0 saturated carbocycles. The van der Waals surface area contributed by atoms with Gasteiger partial charge in [0.15, 0.2) is 0 Å². The fraction of sp³-hybridized carbons (Fsp3) is 0.450. The number of rotatable bonds is 5. The number of carbonyl (C=O) groups excluding carboxylic acids is 1. The molecular weight excluding hydrogens is 284 g/mol. The lowest BCUT2D eigenvalue weighted by molar-refractivity contribution is -0.120. The van der Waals surface area contributed by atoms with Crippen molar-refractivity contribution in [1.82, 2.24) is 9.88 Å². The van der Waals surface area contributed by atoms with Crippen LogP contribution in [-0.2, 0) is 18.3 Å². The van der Waals surface area contributed by atoms with E-state index in [9.17, 15) is 4.79 Å². The van der Waals surface area contributed by atoms with E-state index in [4.69, 9.17) is 0 Å². The van der Waals surface area contributed by atoms with Gasteiger partial charge in [0.05, 0.1) is 6.42 Å². The fourth-order valence-corrected chi connectivity index (χ4v) is 3.54. The highest BCUT2D eigenvalue weighted by Crippen LogP contribution is 2.25. The molecule has 1 aromatic carbocycles. The SMILES string of the molecule is Cc1c(CC(=O)NCCC2=CCCCC2)c2ccccc2n1C. The van der Waals surface area contributed by atoms with Crippen molar-refractivity contribution in [3.8, 4) is 0 Å². The van der Waals surface area contributed by atoms with Crippen molar-refractivity contribution in [1.29, 1.82) is 0 Å². The lowest BCUT2D eigenvalue weighted by Crippen LogP contribution is -2.26. The third-order valence-electron chi connectivity index (χ3n) is 5.02. The molecule has 1 amide bonds. The highest BCUT2D eigenvalue weighted by atomic mass is 16.1. The van der Waals surface area contributed by atoms with Gasteiger partial charge >= 0.3 is 0 Å². The monoisotopic (exact) mass is 310 g/mol. The van der Waals surface area contributed by atoms with Crippen LogP contribution in [0.1, 0.15) is 43.4 Å². The topological polar surface area (TPSA) is 34.0 Å². The van der Waals surface area contributed by atoms with Crippen LogP contribution < -0.4 is 5.32 Å². The number of aromatic nitrogens is 1. The molecule has 1 aliphatic carbocycles. The zero-order valence-corrected chi connectivity index (χ0v) is 14.2. The summed E-state index contributed by atoms with van der Waals surface area (Å²) in [5.74, 6) is 0.126. The van der Waals surface area contributed by atoms with E-state index in [-0.39, 0.29) is 5.91 Å². The van der Waals surface area contributed by atoms with Gasteiger partial charge in [-0.15, -0.1) is 0 Å². The molecule has 0 atom stereocenters. The van der Waals surface area contributed by atoms with E-state index in [0.717, 1.165) is 18.5 Å². The lowest BCUT2D eigenvalue weighted by atomic mass is 9.97. The van der Waals surface area contributed by atoms with Gasteiger partial charge in [-0.25, -0.2) is 0 Å². The smallest absolute Gasteiger partial charge is 0.224 e. The molecule has 0 bridgehead atoms. The van der Waals surface area contributed by atoms with Gasteiger partial charge in [-0.05, 0) is 50.7 Å². The number of carbonyl (C=O) groups is 1. The molecule has 0 fully saturated rings. The number of hydrogen-bond donors (Lipinski definition) is 1. The number of nitrogens with one attached hydrogen (secondary N) is 1. The number of aryl methyl sites for hydroxylation is 1. The van der Waals surface area contributed by atoms with Crippen LogP contribution in [0.4, 0.5) is 0 Å². The highest BCUT2D eigenvalue weighted by Gasteiger charge is 2.14. The van der Waals surface area contributed by atoms with E-state index in [0.29, 0.717) is 6.42 Å². The van der Waals surface area contributed by atoms with Gasteiger partial charge in [0, 0.05) is 30.2 Å². The first-order valence-electron chi connectivity index (χ1n) is 8.64. The minimum atomic E-state index is 0.126. The number of amides is 1. The predicted octanol–water partition coefficient (Wildman–Crippen LogP) is 4.04. The van der Waals surface area contributed by atoms with Gasteiger partial charge in [-0.1, -0.05) is 29.8 Å².